The fraction of sp³-hybridized carbons (Fsp3) is 0.0556. The number of hydrogen-bond acceptors (Lipinski definition) is 4. The molecule has 2 aromatic carbocycles. The van der Waals surface area contributed by atoms with Gasteiger partial charge in [-0.25, -0.2) is 0 Å². The van der Waals surface area contributed by atoms with Gasteiger partial charge in [0.1, 0.15) is 17.0 Å². The standard InChI is InChI=1S/C18H13NO3/c1-20-16-9-5-3-7-13(16)14-11-18(22-19-14)17-10-12-6-2-4-8-15(12)21-17/h2-11H,1H3. The van der Waals surface area contributed by atoms with Gasteiger partial charge in [-0.2, -0.15) is 0 Å². The first-order chi connectivity index (χ1) is 10.8. The number of fused-ring (bicyclic) bond motifs is 1. The molecule has 0 aliphatic heterocycles. The van der Waals surface area contributed by atoms with E-state index in [0.717, 1.165) is 22.3 Å². The number of nitrogens with zero attached hydrogens (tertiary/aromatic N) is 1. The second-order valence-electron chi connectivity index (χ2n) is 4.93. The summed E-state index contributed by atoms with van der Waals surface area (Å²) < 4.78 is 16.6. The van der Waals surface area contributed by atoms with Gasteiger partial charge in [0.25, 0.3) is 0 Å². The van der Waals surface area contributed by atoms with Gasteiger partial charge in [-0.15, -0.1) is 0 Å². The van der Waals surface area contributed by atoms with Crippen molar-refractivity contribution in [2.24, 2.45) is 0 Å². The maximum absolute atomic E-state index is 5.79. The molecule has 0 spiro atoms. The predicted molar refractivity (Wildman–Crippen MR) is 83.7 cm³/mol. The molecule has 0 radical (unpaired) electrons. The Hall–Kier alpha value is -3.01. The van der Waals surface area contributed by atoms with Crippen LogP contribution in [0.3, 0.4) is 0 Å². The highest BCUT2D eigenvalue weighted by atomic mass is 16.5. The van der Waals surface area contributed by atoms with Crippen molar-refractivity contribution in [3.63, 3.8) is 0 Å². The fourth-order valence-electron chi connectivity index (χ4n) is 2.48. The molecule has 0 unspecified atom stereocenters. The van der Waals surface area contributed by atoms with Crippen LogP contribution in [0.5, 0.6) is 5.75 Å². The summed E-state index contributed by atoms with van der Waals surface area (Å²) in [7, 11) is 1.64. The van der Waals surface area contributed by atoms with Crippen molar-refractivity contribution in [3.05, 3.63) is 60.7 Å². The van der Waals surface area contributed by atoms with Gasteiger partial charge in [0.2, 0.25) is 5.76 Å². The summed E-state index contributed by atoms with van der Waals surface area (Å²) in [6.45, 7) is 0. The zero-order valence-electron chi connectivity index (χ0n) is 11.9. The number of ether oxygens (including phenoxy) is 1. The zero-order valence-corrected chi connectivity index (χ0v) is 11.9. The molecule has 108 valence electrons. The summed E-state index contributed by atoms with van der Waals surface area (Å²) >= 11 is 0. The number of rotatable bonds is 3. The highest BCUT2D eigenvalue weighted by Crippen LogP contribution is 2.33. The second-order valence-corrected chi connectivity index (χ2v) is 4.93. The largest absolute Gasteiger partial charge is 0.496 e. The van der Waals surface area contributed by atoms with E-state index in [1.54, 1.807) is 7.11 Å². The molecule has 2 heterocycles. The molecule has 0 saturated heterocycles. The van der Waals surface area contributed by atoms with Gasteiger partial charge < -0.3 is 13.7 Å². The molecule has 0 atom stereocenters. The average molecular weight is 291 g/mol. The molecule has 0 amide bonds. The van der Waals surface area contributed by atoms with Crippen LogP contribution in [0.4, 0.5) is 0 Å². The Bertz CT molecular complexity index is 903. The predicted octanol–water partition coefficient (Wildman–Crippen LogP) is 4.76. The highest BCUT2D eigenvalue weighted by molar-refractivity contribution is 5.82. The summed E-state index contributed by atoms with van der Waals surface area (Å²) in [4.78, 5) is 0. The Balaban J connectivity index is 1.77. The average Bonchev–Trinajstić information content (AvgIpc) is 3.21. The number of benzene rings is 2. The molecule has 0 saturated carbocycles. The van der Waals surface area contributed by atoms with Crippen LogP contribution in [0.1, 0.15) is 0 Å². The topological polar surface area (TPSA) is 48.4 Å². The van der Waals surface area contributed by atoms with Crippen molar-refractivity contribution in [1.82, 2.24) is 5.16 Å². The molecule has 4 nitrogen and oxygen atoms in total. The lowest BCUT2D eigenvalue weighted by atomic mass is 10.1. The molecule has 2 aromatic heterocycles. The quantitative estimate of drug-likeness (QED) is 0.546. The van der Waals surface area contributed by atoms with Crippen molar-refractivity contribution in [3.8, 4) is 28.5 Å². The first kappa shape index (κ1) is 12.7. The Morgan fingerprint density at radius 3 is 2.59 bits per heavy atom. The van der Waals surface area contributed by atoms with Gasteiger partial charge in [0.15, 0.2) is 5.76 Å². The molecule has 0 fully saturated rings. The van der Waals surface area contributed by atoms with E-state index in [1.165, 1.54) is 0 Å². The fourth-order valence-corrected chi connectivity index (χ4v) is 2.48. The van der Waals surface area contributed by atoms with Gasteiger partial charge in [0.05, 0.1) is 7.11 Å². The van der Waals surface area contributed by atoms with E-state index >= 15 is 0 Å². The van der Waals surface area contributed by atoms with Crippen LogP contribution in [0, 0.1) is 0 Å². The normalized spacial score (nSPS) is 11.0. The maximum Gasteiger partial charge on any atom is 0.202 e. The van der Waals surface area contributed by atoms with E-state index in [4.69, 9.17) is 13.7 Å². The first-order valence-corrected chi connectivity index (χ1v) is 6.94. The van der Waals surface area contributed by atoms with Crippen molar-refractivity contribution in [2.45, 2.75) is 0 Å². The Kier molecular flexibility index (Phi) is 2.93. The SMILES string of the molecule is COc1ccccc1-c1cc(-c2cc3ccccc3o2)on1. The third-order valence-electron chi connectivity index (χ3n) is 3.56. The van der Waals surface area contributed by atoms with Crippen molar-refractivity contribution >= 4 is 11.0 Å². The third kappa shape index (κ3) is 2.05. The van der Waals surface area contributed by atoms with E-state index in [-0.39, 0.29) is 0 Å². The lowest BCUT2D eigenvalue weighted by molar-refractivity contribution is 0.411. The maximum atomic E-state index is 5.79. The van der Waals surface area contributed by atoms with Crippen LogP contribution in [0.2, 0.25) is 0 Å². The van der Waals surface area contributed by atoms with Crippen LogP contribution in [-0.2, 0) is 0 Å². The van der Waals surface area contributed by atoms with E-state index in [2.05, 4.69) is 5.16 Å². The summed E-state index contributed by atoms with van der Waals surface area (Å²) in [5.41, 5.74) is 2.43. The number of furan rings is 1. The molecule has 0 aliphatic carbocycles. The van der Waals surface area contributed by atoms with Gasteiger partial charge in [0, 0.05) is 17.0 Å². The summed E-state index contributed by atoms with van der Waals surface area (Å²) in [5.74, 6) is 2.01. The second kappa shape index (κ2) is 5.07. The van der Waals surface area contributed by atoms with Gasteiger partial charge in [-0.1, -0.05) is 35.5 Å². The molecule has 4 rings (SSSR count). The van der Waals surface area contributed by atoms with Crippen LogP contribution < -0.4 is 4.74 Å². The lowest BCUT2D eigenvalue weighted by Crippen LogP contribution is -1.86. The van der Waals surface area contributed by atoms with E-state index in [9.17, 15) is 0 Å². The third-order valence-corrected chi connectivity index (χ3v) is 3.56. The van der Waals surface area contributed by atoms with E-state index in [0.29, 0.717) is 17.2 Å². The van der Waals surface area contributed by atoms with Crippen molar-refractivity contribution in [2.75, 3.05) is 7.11 Å². The van der Waals surface area contributed by atoms with Crippen molar-refractivity contribution < 1.29 is 13.7 Å². The first-order valence-electron chi connectivity index (χ1n) is 6.94. The molecule has 4 aromatic rings. The summed E-state index contributed by atoms with van der Waals surface area (Å²) in [5, 5.41) is 5.16. The van der Waals surface area contributed by atoms with E-state index in [1.807, 2.05) is 60.7 Å². The number of aromatic nitrogens is 1. The number of hydrogen-bond donors (Lipinski definition) is 0. The molecule has 0 N–H and O–H groups in total. The minimum absolute atomic E-state index is 0.595. The molecular weight excluding hydrogens is 278 g/mol. The van der Waals surface area contributed by atoms with Crippen molar-refractivity contribution in [1.29, 1.82) is 0 Å². The van der Waals surface area contributed by atoms with Gasteiger partial charge in [-0.3, -0.25) is 0 Å². The minimum Gasteiger partial charge on any atom is -0.496 e. The highest BCUT2D eigenvalue weighted by Gasteiger charge is 2.15. The molecule has 4 heteroatoms. The summed E-state index contributed by atoms with van der Waals surface area (Å²) in [6.07, 6.45) is 0. The van der Waals surface area contributed by atoms with Gasteiger partial charge >= 0.3 is 0 Å². The van der Waals surface area contributed by atoms with Crippen LogP contribution >= 0.6 is 0 Å². The van der Waals surface area contributed by atoms with Crippen LogP contribution in [0.25, 0.3) is 33.7 Å². The van der Waals surface area contributed by atoms with Crippen LogP contribution in [-0.4, -0.2) is 12.3 Å². The summed E-state index contributed by atoms with van der Waals surface area (Å²) in [6, 6.07) is 19.3. The minimum atomic E-state index is 0.595. The Morgan fingerprint density at radius 1 is 0.909 bits per heavy atom. The molecule has 22 heavy (non-hydrogen) atoms. The Morgan fingerprint density at radius 2 is 1.73 bits per heavy atom. The monoisotopic (exact) mass is 291 g/mol. The van der Waals surface area contributed by atoms with Gasteiger partial charge in [-0.05, 0) is 24.3 Å². The number of para-hydroxylation sites is 2. The van der Waals surface area contributed by atoms with E-state index < -0.39 is 0 Å². The van der Waals surface area contributed by atoms with Crippen LogP contribution in [0.15, 0.2) is 69.6 Å². The Labute approximate surface area is 126 Å². The zero-order chi connectivity index (χ0) is 14.9. The molecular formula is C18H13NO3. The smallest absolute Gasteiger partial charge is 0.202 e. The lowest BCUT2D eigenvalue weighted by Gasteiger charge is -2.03. The molecule has 0 bridgehead atoms. The number of methoxy groups -OCH3 is 1. The molecule has 0 aliphatic rings.